The summed E-state index contributed by atoms with van der Waals surface area (Å²) in [5.41, 5.74) is 1.32. The van der Waals surface area contributed by atoms with Crippen molar-refractivity contribution >= 4 is 29.9 Å². The minimum atomic E-state index is 0. The van der Waals surface area contributed by atoms with Crippen LogP contribution in [0.2, 0.25) is 0 Å². The summed E-state index contributed by atoms with van der Waals surface area (Å²) in [5, 5.41) is 6.84. The van der Waals surface area contributed by atoms with Crippen molar-refractivity contribution in [3.63, 3.8) is 0 Å². The molecular formula is C21H35IN4O. The second kappa shape index (κ2) is 10.6. The molecule has 0 aromatic heterocycles. The number of aliphatic imine (C=N–C) groups is 1. The number of hydrogen-bond acceptors (Lipinski definition) is 3. The van der Waals surface area contributed by atoms with Crippen molar-refractivity contribution in [1.29, 1.82) is 0 Å². The maximum absolute atomic E-state index is 6.05. The van der Waals surface area contributed by atoms with Crippen LogP contribution in [0.1, 0.15) is 39.2 Å². The van der Waals surface area contributed by atoms with Gasteiger partial charge in [-0.15, -0.1) is 24.0 Å². The summed E-state index contributed by atoms with van der Waals surface area (Å²) in [5.74, 6) is 0.878. The summed E-state index contributed by atoms with van der Waals surface area (Å²) >= 11 is 0. The first kappa shape index (κ1) is 22.4. The number of ether oxygens (including phenoxy) is 1. The molecule has 5 nitrogen and oxygen atoms in total. The second-order valence-corrected chi connectivity index (χ2v) is 8.07. The molecule has 0 amide bonds. The largest absolute Gasteiger partial charge is 0.373 e. The fourth-order valence-corrected chi connectivity index (χ4v) is 3.82. The number of morpholine rings is 1. The number of nitrogens with one attached hydrogen (secondary N) is 2. The van der Waals surface area contributed by atoms with Gasteiger partial charge in [-0.25, -0.2) is 0 Å². The van der Waals surface area contributed by atoms with Crippen LogP contribution in [0.15, 0.2) is 35.3 Å². The smallest absolute Gasteiger partial charge is 0.191 e. The molecule has 0 spiro atoms. The monoisotopic (exact) mass is 486 g/mol. The van der Waals surface area contributed by atoms with Crippen LogP contribution in [-0.4, -0.2) is 62.3 Å². The van der Waals surface area contributed by atoms with Gasteiger partial charge in [0, 0.05) is 31.1 Å². The van der Waals surface area contributed by atoms with E-state index in [9.17, 15) is 0 Å². The molecule has 6 heteroatoms. The van der Waals surface area contributed by atoms with E-state index in [1.165, 1.54) is 24.9 Å². The molecular weight excluding hydrogens is 451 g/mol. The Morgan fingerprint density at radius 3 is 2.78 bits per heavy atom. The number of benzene rings is 1. The van der Waals surface area contributed by atoms with Gasteiger partial charge in [0.25, 0.3) is 0 Å². The van der Waals surface area contributed by atoms with Crippen molar-refractivity contribution in [2.24, 2.45) is 4.99 Å². The molecule has 0 bridgehead atoms. The number of halogens is 1. The first-order valence-electron chi connectivity index (χ1n) is 10.0. The number of hydrogen-bond donors (Lipinski definition) is 2. The first-order chi connectivity index (χ1) is 12.6. The van der Waals surface area contributed by atoms with Crippen molar-refractivity contribution in [2.75, 3.05) is 39.3 Å². The SMILES string of the molecule is CCNC(=NCC(C)(C)c1ccccc1)NCC1CN2CCCC2CO1.I. The number of rotatable bonds is 6. The van der Waals surface area contributed by atoms with Gasteiger partial charge in [0.2, 0.25) is 0 Å². The Balaban J connectivity index is 0.00000261. The zero-order valence-electron chi connectivity index (χ0n) is 16.9. The Morgan fingerprint density at radius 2 is 2.04 bits per heavy atom. The molecule has 152 valence electrons. The molecule has 2 atom stereocenters. The van der Waals surface area contributed by atoms with Crippen LogP contribution in [0.25, 0.3) is 0 Å². The fourth-order valence-electron chi connectivity index (χ4n) is 3.82. The summed E-state index contributed by atoms with van der Waals surface area (Å²) in [6, 6.07) is 11.3. The van der Waals surface area contributed by atoms with E-state index < -0.39 is 0 Å². The Kier molecular flexibility index (Phi) is 8.82. The van der Waals surface area contributed by atoms with Crippen molar-refractivity contribution in [1.82, 2.24) is 15.5 Å². The molecule has 1 aromatic carbocycles. The Morgan fingerprint density at radius 1 is 1.26 bits per heavy atom. The highest BCUT2D eigenvalue weighted by atomic mass is 127. The van der Waals surface area contributed by atoms with E-state index >= 15 is 0 Å². The van der Waals surface area contributed by atoms with E-state index in [0.717, 1.165) is 38.7 Å². The minimum absolute atomic E-state index is 0. The second-order valence-electron chi connectivity index (χ2n) is 8.07. The maximum atomic E-state index is 6.05. The summed E-state index contributed by atoms with van der Waals surface area (Å²) < 4.78 is 6.05. The number of fused-ring (bicyclic) bond motifs is 1. The highest BCUT2D eigenvalue weighted by molar-refractivity contribution is 14.0. The van der Waals surface area contributed by atoms with E-state index in [1.54, 1.807) is 0 Å². The van der Waals surface area contributed by atoms with Gasteiger partial charge in [-0.05, 0) is 31.9 Å². The van der Waals surface area contributed by atoms with E-state index in [2.05, 4.69) is 66.6 Å². The van der Waals surface area contributed by atoms with Gasteiger partial charge in [-0.1, -0.05) is 44.2 Å². The molecule has 2 heterocycles. The molecule has 2 aliphatic rings. The van der Waals surface area contributed by atoms with Gasteiger partial charge in [0.15, 0.2) is 5.96 Å². The van der Waals surface area contributed by atoms with Crippen LogP contribution in [0, 0.1) is 0 Å². The van der Waals surface area contributed by atoms with Gasteiger partial charge >= 0.3 is 0 Å². The zero-order valence-corrected chi connectivity index (χ0v) is 19.2. The lowest BCUT2D eigenvalue weighted by atomic mass is 9.85. The van der Waals surface area contributed by atoms with Crippen LogP contribution in [0.3, 0.4) is 0 Å². The van der Waals surface area contributed by atoms with E-state index in [4.69, 9.17) is 9.73 Å². The molecule has 0 saturated carbocycles. The normalized spacial score (nSPS) is 23.4. The van der Waals surface area contributed by atoms with E-state index in [1.807, 2.05) is 0 Å². The number of guanidine groups is 1. The lowest BCUT2D eigenvalue weighted by molar-refractivity contribution is -0.0453. The quantitative estimate of drug-likeness (QED) is 0.369. The topological polar surface area (TPSA) is 48.9 Å². The van der Waals surface area contributed by atoms with Crippen LogP contribution in [0.5, 0.6) is 0 Å². The van der Waals surface area contributed by atoms with Crippen molar-refractivity contribution in [2.45, 2.75) is 51.2 Å². The predicted octanol–water partition coefficient (Wildman–Crippen LogP) is 3.00. The van der Waals surface area contributed by atoms with Crippen LogP contribution < -0.4 is 10.6 Å². The van der Waals surface area contributed by atoms with Gasteiger partial charge in [0.05, 0.1) is 19.3 Å². The lowest BCUT2D eigenvalue weighted by Crippen LogP contribution is -2.51. The van der Waals surface area contributed by atoms with Crippen molar-refractivity contribution < 1.29 is 4.74 Å². The molecule has 0 radical (unpaired) electrons. The molecule has 2 fully saturated rings. The Bertz CT molecular complexity index is 593. The Hall–Kier alpha value is -0.860. The highest BCUT2D eigenvalue weighted by Crippen LogP contribution is 2.23. The maximum Gasteiger partial charge on any atom is 0.191 e. The average molecular weight is 486 g/mol. The highest BCUT2D eigenvalue weighted by Gasteiger charge is 2.32. The molecule has 1 aromatic rings. The van der Waals surface area contributed by atoms with Crippen molar-refractivity contribution in [3.8, 4) is 0 Å². The summed E-state index contributed by atoms with van der Waals surface area (Å²) in [7, 11) is 0. The van der Waals surface area contributed by atoms with E-state index in [-0.39, 0.29) is 35.5 Å². The minimum Gasteiger partial charge on any atom is -0.373 e. The van der Waals surface area contributed by atoms with Crippen LogP contribution >= 0.6 is 24.0 Å². The summed E-state index contributed by atoms with van der Waals surface area (Å²) in [6.07, 6.45) is 2.85. The third-order valence-electron chi connectivity index (χ3n) is 5.49. The molecule has 2 saturated heterocycles. The lowest BCUT2D eigenvalue weighted by Gasteiger charge is -2.35. The zero-order chi connectivity index (χ0) is 18.4. The molecule has 3 rings (SSSR count). The number of nitrogens with zero attached hydrogens (tertiary/aromatic N) is 2. The third-order valence-corrected chi connectivity index (χ3v) is 5.49. The predicted molar refractivity (Wildman–Crippen MR) is 123 cm³/mol. The molecule has 2 N–H and O–H groups in total. The van der Waals surface area contributed by atoms with Gasteiger partial charge in [-0.2, -0.15) is 0 Å². The first-order valence-corrected chi connectivity index (χ1v) is 10.0. The molecule has 2 aliphatic heterocycles. The standard InChI is InChI=1S/C21H34N4O.HI/c1-4-22-20(24-16-21(2,3)17-9-6-5-7-10-17)23-13-19-14-25-12-8-11-18(25)15-26-19;/h5-7,9-10,18-19H,4,8,11-16H2,1-3H3,(H2,22,23,24);1H. The molecule has 27 heavy (non-hydrogen) atoms. The average Bonchev–Trinajstić information content (AvgIpc) is 3.12. The van der Waals surface area contributed by atoms with Gasteiger partial charge < -0.3 is 15.4 Å². The van der Waals surface area contributed by atoms with Gasteiger partial charge in [0.1, 0.15) is 0 Å². The summed E-state index contributed by atoms with van der Waals surface area (Å²) in [6.45, 7) is 12.1. The van der Waals surface area contributed by atoms with E-state index in [0.29, 0.717) is 6.04 Å². The Labute approximate surface area is 181 Å². The van der Waals surface area contributed by atoms with Gasteiger partial charge in [-0.3, -0.25) is 9.89 Å². The van der Waals surface area contributed by atoms with Crippen LogP contribution in [-0.2, 0) is 10.2 Å². The van der Waals surface area contributed by atoms with Crippen LogP contribution in [0.4, 0.5) is 0 Å². The fraction of sp³-hybridized carbons (Fsp3) is 0.667. The molecule has 0 aliphatic carbocycles. The van der Waals surface area contributed by atoms with Crippen molar-refractivity contribution in [3.05, 3.63) is 35.9 Å². The summed E-state index contributed by atoms with van der Waals surface area (Å²) in [4.78, 5) is 7.42. The third kappa shape index (κ3) is 6.32. The molecule has 2 unspecified atom stereocenters.